The third-order valence-electron chi connectivity index (χ3n) is 6.06. The lowest BCUT2D eigenvalue weighted by molar-refractivity contribution is 0.480. The minimum atomic E-state index is -0.978. The molecular weight excluding hydrogens is 451 g/mol. The third-order valence-corrected chi connectivity index (χ3v) is 6.29. The highest BCUT2D eigenvalue weighted by Crippen LogP contribution is 2.41. The van der Waals surface area contributed by atoms with Gasteiger partial charge < -0.3 is 9.88 Å². The number of nitrogens with zero attached hydrogens (tertiary/aromatic N) is 4. The van der Waals surface area contributed by atoms with Crippen LogP contribution in [-0.2, 0) is 6.42 Å². The molecule has 0 spiro atoms. The molecule has 0 aliphatic carbocycles. The number of nitriles is 1. The van der Waals surface area contributed by atoms with Crippen LogP contribution in [-0.4, -0.2) is 21.5 Å². The van der Waals surface area contributed by atoms with Crippen LogP contribution in [0.5, 0.6) is 0 Å². The van der Waals surface area contributed by atoms with Crippen LogP contribution in [0.15, 0.2) is 30.3 Å². The van der Waals surface area contributed by atoms with Gasteiger partial charge in [0.05, 0.1) is 5.69 Å². The fourth-order valence-electron chi connectivity index (χ4n) is 4.42. The van der Waals surface area contributed by atoms with E-state index >= 15 is 4.39 Å². The molecule has 2 aromatic carbocycles. The highest BCUT2D eigenvalue weighted by Gasteiger charge is 2.36. The number of aryl methyl sites for hydroxylation is 2. The molecule has 33 heavy (non-hydrogen) atoms. The van der Waals surface area contributed by atoms with E-state index in [1.54, 1.807) is 17.0 Å². The number of fused-ring (bicyclic) bond motifs is 3. The van der Waals surface area contributed by atoms with Gasteiger partial charge in [-0.1, -0.05) is 23.7 Å². The maximum absolute atomic E-state index is 15.2. The molecule has 5 nitrogen and oxygen atoms in total. The summed E-state index contributed by atoms with van der Waals surface area (Å²) in [5.74, 6) is -2.65. The van der Waals surface area contributed by atoms with E-state index in [1.165, 1.54) is 26.0 Å². The van der Waals surface area contributed by atoms with Crippen molar-refractivity contribution in [3.8, 4) is 6.07 Å². The van der Waals surface area contributed by atoms with Gasteiger partial charge in [-0.15, -0.1) is 0 Å². The molecule has 1 atom stereocenters. The molecule has 3 heterocycles. The number of rotatable bonds is 2. The topological polar surface area (TPSA) is 68.6 Å². The van der Waals surface area contributed by atoms with Gasteiger partial charge >= 0.3 is 0 Å². The van der Waals surface area contributed by atoms with E-state index in [0.717, 1.165) is 16.5 Å². The van der Waals surface area contributed by atoms with Crippen LogP contribution >= 0.6 is 11.6 Å². The molecule has 5 rings (SSSR count). The number of aromatic amines is 1. The van der Waals surface area contributed by atoms with E-state index in [4.69, 9.17) is 11.6 Å². The Morgan fingerprint density at radius 3 is 2.64 bits per heavy atom. The molecule has 0 bridgehead atoms. The van der Waals surface area contributed by atoms with Gasteiger partial charge in [-0.05, 0) is 49.6 Å². The van der Waals surface area contributed by atoms with Crippen molar-refractivity contribution < 1.29 is 13.2 Å². The Balaban J connectivity index is 1.78. The highest BCUT2D eigenvalue weighted by atomic mass is 35.5. The number of halogens is 4. The first-order chi connectivity index (χ1) is 15.8. The number of anilines is 1. The Morgan fingerprint density at radius 2 is 1.88 bits per heavy atom. The maximum atomic E-state index is 15.2. The van der Waals surface area contributed by atoms with Crippen molar-refractivity contribution in [3.05, 3.63) is 86.6 Å². The quantitative estimate of drug-likeness (QED) is 0.412. The van der Waals surface area contributed by atoms with Crippen molar-refractivity contribution >= 4 is 28.5 Å². The summed E-state index contributed by atoms with van der Waals surface area (Å²) in [6.45, 7) is 3.26. The average molecular weight is 468 g/mol. The second kappa shape index (κ2) is 7.78. The minimum absolute atomic E-state index is 0.0000780. The van der Waals surface area contributed by atoms with Gasteiger partial charge in [0, 0.05) is 33.7 Å². The summed E-state index contributed by atoms with van der Waals surface area (Å²) in [6, 6.07) is 9.35. The molecule has 1 N–H and O–H groups in total. The van der Waals surface area contributed by atoms with Gasteiger partial charge in [0.15, 0.2) is 23.1 Å². The fourth-order valence-corrected chi connectivity index (χ4v) is 4.59. The van der Waals surface area contributed by atoms with Crippen LogP contribution in [0.2, 0.25) is 5.02 Å². The van der Waals surface area contributed by atoms with E-state index in [1.807, 2.05) is 12.1 Å². The second-order valence-electron chi connectivity index (χ2n) is 8.04. The Labute approximate surface area is 192 Å². The molecule has 1 aliphatic heterocycles. The van der Waals surface area contributed by atoms with Crippen LogP contribution in [0.1, 0.15) is 39.8 Å². The predicted molar refractivity (Wildman–Crippen MR) is 119 cm³/mol. The zero-order valence-corrected chi connectivity index (χ0v) is 18.4. The summed E-state index contributed by atoms with van der Waals surface area (Å²) in [6.07, 6.45) is 0.532. The van der Waals surface area contributed by atoms with Crippen molar-refractivity contribution in [3.63, 3.8) is 0 Å². The molecule has 0 amide bonds. The summed E-state index contributed by atoms with van der Waals surface area (Å²) in [5.41, 5.74) is 2.24. The predicted octanol–water partition coefficient (Wildman–Crippen LogP) is 5.67. The Kier molecular flexibility index (Phi) is 5.02. The van der Waals surface area contributed by atoms with Crippen LogP contribution < -0.4 is 4.90 Å². The lowest BCUT2D eigenvalue weighted by Gasteiger charge is -2.36. The summed E-state index contributed by atoms with van der Waals surface area (Å²) >= 11 is 6.21. The molecule has 4 aromatic rings. The number of hydrogen-bond donors (Lipinski definition) is 1. The zero-order chi connectivity index (χ0) is 23.4. The maximum Gasteiger partial charge on any atom is 0.227 e. The van der Waals surface area contributed by atoms with Crippen LogP contribution in [0.4, 0.5) is 19.1 Å². The number of benzene rings is 2. The van der Waals surface area contributed by atoms with E-state index in [-0.39, 0.29) is 22.8 Å². The van der Waals surface area contributed by atoms with Crippen molar-refractivity contribution in [2.24, 2.45) is 0 Å². The van der Waals surface area contributed by atoms with E-state index in [0.29, 0.717) is 23.7 Å². The number of H-pyrrole nitrogens is 1. The molecule has 0 radical (unpaired) electrons. The molecule has 0 fully saturated rings. The molecule has 166 valence electrons. The molecule has 2 aromatic heterocycles. The largest absolute Gasteiger partial charge is 0.356 e. The highest BCUT2D eigenvalue weighted by molar-refractivity contribution is 6.31. The third kappa shape index (κ3) is 3.31. The van der Waals surface area contributed by atoms with E-state index in [2.05, 4.69) is 15.0 Å². The van der Waals surface area contributed by atoms with Gasteiger partial charge in [-0.3, -0.25) is 0 Å². The molecule has 9 heteroatoms. The van der Waals surface area contributed by atoms with Gasteiger partial charge in [0.1, 0.15) is 12.1 Å². The van der Waals surface area contributed by atoms with Crippen LogP contribution in [0.25, 0.3) is 10.9 Å². The average Bonchev–Trinajstić information content (AvgIpc) is 3.17. The lowest BCUT2D eigenvalue weighted by Crippen LogP contribution is -2.38. The Hall–Kier alpha value is -3.57. The summed E-state index contributed by atoms with van der Waals surface area (Å²) in [4.78, 5) is 13.3. The van der Waals surface area contributed by atoms with Gasteiger partial charge in [-0.2, -0.15) is 10.2 Å². The number of nitrogens with one attached hydrogen (secondary N) is 1. The normalized spacial score (nSPS) is 15.5. The summed E-state index contributed by atoms with van der Waals surface area (Å²) in [5, 5.41) is 10.8. The van der Waals surface area contributed by atoms with Crippen molar-refractivity contribution in [1.82, 2.24) is 15.0 Å². The first-order valence-corrected chi connectivity index (χ1v) is 10.6. The molecule has 0 unspecified atom stereocenters. The Bertz CT molecular complexity index is 1470. The molecule has 0 saturated heterocycles. The summed E-state index contributed by atoms with van der Waals surface area (Å²) in [7, 11) is 0. The van der Waals surface area contributed by atoms with E-state index < -0.39 is 29.2 Å². The molecule has 1 aliphatic rings. The van der Waals surface area contributed by atoms with E-state index in [9.17, 15) is 14.0 Å². The second-order valence-corrected chi connectivity index (χ2v) is 8.47. The van der Waals surface area contributed by atoms with Crippen molar-refractivity contribution in [1.29, 1.82) is 5.26 Å². The number of aromatic nitrogens is 3. The van der Waals surface area contributed by atoms with Gasteiger partial charge in [0.2, 0.25) is 5.95 Å². The standard InChI is InChI=1S/C24H17ClF3N5/c1-11-3-5-15(21(28)19(11)26)23-22-14(16-9-13(25)4-6-17(16)31-22)7-8-33(23)24-30-12(2)20(27)18(10-29)32-24/h3-6,9,23,31H,7-8H2,1-2H3/t23-/m0/s1. The van der Waals surface area contributed by atoms with Crippen molar-refractivity contribution in [2.45, 2.75) is 26.3 Å². The van der Waals surface area contributed by atoms with Gasteiger partial charge in [0.25, 0.3) is 0 Å². The molecular formula is C24H17ClF3N5. The smallest absolute Gasteiger partial charge is 0.227 e. The van der Waals surface area contributed by atoms with Crippen LogP contribution in [0.3, 0.4) is 0 Å². The van der Waals surface area contributed by atoms with Crippen LogP contribution in [0, 0.1) is 42.6 Å². The SMILES string of the molecule is Cc1ccc([C@H]2c3[nH]c4ccc(Cl)cc4c3CCN2c2nc(C)c(F)c(C#N)n2)c(F)c1F. The zero-order valence-electron chi connectivity index (χ0n) is 17.7. The number of hydrogen-bond acceptors (Lipinski definition) is 4. The molecule has 0 saturated carbocycles. The van der Waals surface area contributed by atoms with Crippen molar-refractivity contribution in [2.75, 3.05) is 11.4 Å². The minimum Gasteiger partial charge on any atom is -0.356 e. The Morgan fingerprint density at radius 1 is 1.09 bits per heavy atom. The first-order valence-electron chi connectivity index (χ1n) is 10.3. The fraction of sp³-hybridized carbons (Fsp3) is 0.208. The monoisotopic (exact) mass is 467 g/mol. The van der Waals surface area contributed by atoms with Gasteiger partial charge in [-0.25, -0.2) is 18.2 Å². The first kappa shape index (κ1) is 21.3. The lowest BCUT2D eigenvalue weighted by atomic mass is 9.91. The summed E-state index contributed by atoms with van der Waals surface area (Å²) < 4.78 is 44.1.